The van der Waals surface area contributed by atoms with E-state index in [2.05, 4.69) is 0 Å². The largest absolute Gasteiger partial charge is 0.389 e. The highest BCUT2D eigenvalue weighted by Gasteiger charge is 2.35. The molecule has 2 nitrogen and oxygen atoms in total. The Labute approximate surface area is 68.9 Å². The second-order valence-corrected chi connectivity index (χ2v) is 3.07. The van der Waals surface area contributed by atoms with E-state index in [4.69, 9.17) is 5.73 Å². The number of halogens is 3. The van der Waals surface area contributed by atoms with Crippen molar-refractivity contribution >= 4 is 5.91 Å². The number of nitrogens with two attached hydrogens (primary N) is 1. The third kappa shape index (κ3) is 4.20. The lowest BCUT2D eigenvalue weighted by Crippen LogP contribution is -2.31. The van der Waals surface area contributed by atoms with Gasteiger partial charge in [-0.05, 0) is 5.92 Å². The van der Waals surface area contributed by atoms with E-state index in [-0.39, 0.29) is 5.92 Å². The lowest BCUT2D eigenvalue weighted by atomic mass is 9.92. The number of primary amides is 1. The van der Waals surface area contributed by atoms with Gasteiger partial charge in [-0.25, -0.2) is 0 Å². The summed E-state index contributed by atoms with van der Waals surface area (Å²) in [6.07, 6.45) is -5.44. The topological polar surface area (TPSA) is 43.1 Å². The zero-order valence-corrected chi connectivity index (χ0v) is 6.98. The van der Waals surface area contributed by atoms with Crippen molar-refractivity contribution in [1.29, 1.82) is 0 Å². The van der Waals surface area contributed by atoms with Gasteiger partial charge in [-0.1, -0.05) is 13.8 Å². The van der Waals surface area contributed by atoms with Crippen molar-refractivity contribution in [2.75, 3.05) is 0 Å². The van der Waals surface area contributed by atoms with Gasteiger partial charge >= 0.3 is 6.18 Å². The molecule has 0 aromatic rings. The SMILES string of the molecule is CC(C)[C@@H](CC(F)(F)F)C(N)=O. The summed E-state index contributed by atoms with van der Waals surface area (Å²) in [6.45, 7) is 3.09. The molecular weight excluding hydrogens is 171 g/mol. The monoisotopic (exact) mass is 183 g/mol. The molecule has 0 aliphatic rings. The summed E-state index contributed by atoms with van der Waals surface area (Å²) in [6, 6.07) is 0. The first-order chi connectivity index (χ1) is 5.24. The molecule has 5 heteroatoms. The van der Waals surface area contributed by atoms with Crippen molar-refractivity contribution in [1.82, 2.24) is 0 Å². The van der Waals surface area contributed by atoms with Gasteiger partial charge in [-0.15, -0.1) is 0 Å². The van der Waals surface area contributed by atoms with Crippen LogP contribution in [-0.4, -0.2) is 12.1 Å². The summed E-state index contributed by atoms with van der Waals surface area (Å²) in [7, 11) is 0. The minimum atomic E-state index is -4.32. The molecule has 0 bridgehead atoms. The summed E-state index contributed by atoms with van der Waals surface area (Å²) >= 11 is 0. The first-order valence-electron chi connectivity index (χ1n) is 3.60. The summed E-state index contributed by atoms with van der Waals surface area (Å²) in [5.74, 6) is -2.36. The van der Waals surface area contributed by atoms with Gasteiger partial charge in [0.2, 0.25) is 5.91 Å². The molecule has 1 amide bonds. The van der Waals surface area contributed by atoms with Gasteiger partial charge in [-0.3, -0.25) is 4.79 Å². The summed E-state index contributed by atoms with van der Waals surface area (Å²) in [5.41, 5.74) is 4.81. The van der Waals surface area contributed by atoms with Gasteiger partial charge in [0, 0.05) is 5.92 Å². The smallest absolute Gasteiger partial charge is 0.369 e. The van der Waals surface area contributed by atoms with Gasteiger partial charge in [-0.2, -0.15) is 13.2 Å². The van der Waals surface area contributed by atoms with E-state index in [0.29, 0.717) is 0 Å². The normalized spacial score (nSPS) is 14.8. The second-order valence-electron chi connectivity index (χ2n) is 3.07. The molecule has 0 aromatic carbocycles. The highest BCUT2D eigenvalue weighted by atomic mass is 19.4. The Morgan fingerprint density at radius 3 is 1.92 bits per heavy atom. The van der Waals surface area contributed by atoms with Crippen LogP contribution >= 0.6 is 0 Å². The van der Waals surface area contributed by atoms with Crippen LogP contribution in [0.4, 0.5) is 13.2 Å². The molecule has 0 aromatic heterocycles. The van der Waals surface area contributed by atoms with Crippen LogP contribution in [0.1, 0.15) is 20.3 Å². The third-order valence-electron chi connectivity index (χ3n) is 1.62. The molecule has 0 rings (SSSR count). The molecule has 0 radical (unpaired) electrons. The summed E-state index contributed by atoms with van der Waals surface area (Å²) < 4.78 is 35.5. The summed E-state index contributed by atoms with van der Waals surface area (Å²) in [4.78, 5) is 10.5. The van der Waals surface area contributed by atoms with Crippen molar-refractivity contribution in [3.05, 3.63) is 0 Å². The van der Waals surface area contributed by atoms with E-state index in [0.717, 1.165) is 0 Å². The molecule has 12 heavy (non-hydrogen) atoms. The van der Waals surface area contributed by atoms with Crippen LogP contribution in [0.25, 0.3) is 0 Å². The molecule has 0 fully saturated rings. The Morgan fingerprint density at radius 1 is 1.42 bits per heavy atom. The molecule has 72 valence electrons. The zero-order chi connectivity index (χ0) is 9.94. The predicted octanol–water partition coefficient (Wildman–Crippen LogP) is 1.70. The zero-order valence-electron chi connectivity index (χ0n) is 6.98. The van der Waals surface area contributed by atoms with Gasteiger partial charge in [0.1, 0.15) is 0 Å². The molecule has 0 saturated carbocycles. The Morgan fingerprint density at radius 2 is 1.83 bits per heavy atom. The maximum Gasteiger partial charge on any atom is 0.389 e. The van der Waals surface area contributed by atoms with Gasteiger partial charge in [0.15, 0.2) is 0 Å². The van der Waals surface area contributed by atoms with Crippen molar-refractivity contribution < 1.29 is 18.0 Å². The Bertz CT molecular complexity index is 165. The quantitative estimate of drug-likeness (QED) is 0.710. The Balaban J connectivity index is 4.25. The van der Waals surface area contributed by atoms with E-state index in [1.54, 1.807) is 13.8 Å². The highest BCUT2D eigenvalue weighted by Crippen LogP contribution is 2.28. The maximum atomic E-state index is 11.8. The fraction of sp³-hybridized carbons (Fsp3) is 0.857. The fourth-order valence-corrected chi connectivity index (χ4v) is 0.914. The Kier molecular flexibility index (Phi) is 3.55. The number of hydrogen-bond acceptors (Lipinski definition) is 1. The standard InChI is InChI=1S/C7H12F3NO/c1-4(2)5(6(11)12)3-7(8,9)10/h4-5H,3H2,1-2H3,(H2,11,12)/t5-/m1/s1. The molecule has 2 N–H and O–H groups in total. The second kappa shape index (κ2) is 3.78. The fourth-order valence-electron chi connectivity index (χ4n) is 0.914. The number of alkyl halides is 3. The number of carbonyl (C=O) groups excluding carboxylic acids is 1. The molecular formula is C7H12F3NO. The Hall–Kier alpha value is -0.740. The van der Waals surface area contributed by atoms with Crippen LogP contribution in [0.5, 0.6) is 0 Å². The van der Waals surface area contributed by atoms with Crippen molar-refractivity contribution in [2.45, 2.75) is 26.4 Å². The van der Waals surface area contributed by atoms with Crippen molar-refractivity contribution in [3.8, 4) is 0 Å². The maximum absolute atomic E-state index is 11.8. The molecule has 0 aliphatic carbocycles. The average Bonchev–Trinajstić information content (AvgIpc) is 1.79. The molecule has 0 heterocycles. The van der Waals surface area contributed by atoms with E-state index >= 15 is 0 Å². The van der Waals surface area contributed by atoms with E-state index in [1.807, 2.05) is 0 Å². The van der Waals surface area contributed by atoms with Crippen LogP contribution in [0, 0.1) is 11.8 Å². The first-order valence-corrected chi connectivity index (χ1v) is 3.60. The first kappa shape index (κ1) is 11.3. The average molecular weight is 183 g/mol. The number of carbonyl (C=O) groups is 1. The number of hydrogen-bond donors (Lipinski definition) is 1. The van der Waals surface area contributed by atoms with Crippen LogP contribution in [0.3, 0.4) is 0 Å². The minimum absolute atomic E-state index is 0.371. The highest BCUT2D eigenvalue weighted by molar-refractivity contribution is 5.76. The molecule has 1 atom stereocenters. The number of rotatable bonds is 3. The van der Waals surface area contributed by atoms with Crippen LogP contribution in [-0.2, 0) is 4.79 Å². The van der Waals surface area contributed by atoms with Crippen LogP contribution in [0.15, 0.2) is 0 Å². The van der Waals surface area contributed by atoms with Crippen molar-refractivity contribution in [3.63, 3.8) is 0 Å². The molecule has 0 saturated heterocycles. The number of amides is 1. The molecule has 0 unspecified atom stereocenters. The lowest BCUT2D eigenvalue weighted by molar-refractivity contribution is -0.156. The van der Waals surface area contributed by atoms with E-state index in [1.165, 1.54) is 0 Å². The van der Waals surface area contributed by atoms with E-state index in [9.17, 15) is 18.0 Å². The van der Waals surface area contributed by atoms with Crippen molar-refractivity contribution in [2.24, 2.45) is 17.6 Å². The van der Waals surface area contributed by atoms with Crippen LogP contribution < -0.4 is 5.73 Å². The van der Waals surface area contributed by atoms with Crippen LogP contribution in [0.2, 0.25) is 0 Å². The van der Waals surface area contributed by atoms with Gasteiger partial charge in [0.25, 0.3) is 0 Å². The summed E-state index contributed by atoms with van der Waals surface area (Å²) in [5, 5.41) is 0. The predicted molar refractivity (Wildman–Crippen MR) is 38.2 cm³/mol. The van der Waals surface area contributed by atoms with E-state index < -0.39 is 24.4 Å². The molecule has 0 spiro atoms. The lowest BCUT2D eigenvalue weighted by Gasteiger charge is -2.18. The minimum Gasteiger partial charge on any atom is -0.369 e. The third-order valence-corrected chi connectivity index (χ3v) is 1.62. The molecule has 0 aliphatic heterocycles. The van der Waals surface area contributed by atoms with Gasteiger partial charge < -0.3 is 5.73 Å². The van der Waals surface area contributed by atoms with Gasteiger partial charge in [0.05, 0.1) is 6.42 Å².